The molecule has 1 aliphatic rings. The monoisotopic (exact) mass is 366 g/mol. The van der Waals surface area contributed by atoms with Crippen LogP contribution < -0.4 is 0 Å². The van der Waals surface area contributed by atoms with Crippen molar-refractivity contribution in [3.63, 3.8) is 0 Å². The number of carbonyl (C=O) groups is 2. The summed E-state index contributed by atoms with van der Waals surface area (Å²) < 4.78 is 3.68. The van der Waals surface area contributed by atoms with Crippen molar-refractivity contribution in [3.05, 3.63) is 48.3 Å². The molecule has 27 heavy (non-hydrogen) atoms. The van der Waals surface area contributed by atoms with Crippen molar-refractivity contribution in [2.24, 2.45) is 20.0 Å². The molecule has 0 bridgehead atoms. The number of nitrogens with zero attached hydrogens (tertiary/aromatic N) is 5. The van der Waals surface area contributed by atoms with E-state index in [4.69, 9.17) is 0 Å². The van der Waals surface area contributed by atoms with Crippen LogP contribution in [-0.4, -0.2) is 54.0 Å². The van der Waals surface area contributed by atoms with Crippen molar-refractivity contribution >= 4 is 11.7 Å². The molecule has 8 nitrogen and oxygen atoms in total. The predicted octanol–water partition coefficient (Wildman–Crippen LogP) is 1.88. The molecule has 8 heteroatoms. The van der Waals surface area contributed by atoms with E-state index < -0.39 is 0 Å². The van der Waals surface area contributed by atoms with Crippen LogP contribution in [-0.2, 0) is 14.1 Å². The summed E-state index contributed by atoms with van der Waals surface area (Å²) in [7, 11) is 3.74. The van der Waals surface area contributed by atoms with E-state index in [-0.39, 0.29) is 17.6 Å². The standard InChI is InChI=1S/C19H22N6O2/c1-23-8-4-6-16(23)14-11-15(22-21-14)19(27)25-9-3-5-13(12-25)17(26)18-20-7-10-24(18)2/h4,6-8,10-11,13H,3,5,9,12H2,1-2H3,(H,21,22)/t13-/m0/s1. The lowest BCUT2D eigenvalue weighted by Gasteiger charge is -2.31. The van der Waals surface area contributed by atoms with E-state index in [1.165, 1.54) is 0 Å². The van der Waals surface area contributed by atoms with Crippen molar-refractivity contribution in [1.82, 2.24) is 29.2 Å². The van der Waals surface area contributed by atoms with Crippen LogP contribution >= 0.6 is 0 Å². The largest absolute Gasteiger partial charge is 0.349 e. The second kappa shape index (κ2) is 6.86. The number of aryl methyl sites for hydroxylation is 2. The van der Waals surface area contributed by atoms with Crippen molar-refractivity contribution in [1.29, 1.82) is 0 Å². The average Bonchev–Trinajstić information content (AvgIpc) is 3.41. The Kier molecular flexibility index (Phi) is 4.39. The van der Waals surface area contributed by atoms with Crippen LogP contribution in [0.2, 0.25) is 0 Å². The Balaban J connectivity index is 1.49. The number of aromatic nitrogens is 5. The molecular weight excluding hydrogens is 344 g/mol. The molecule has 1 N–H and O–H groups in total. The topological polar surface area (TPSA) is 88.8 Å². The molecule has 1 atom stereocenters. The number of hydrogen-bond acceptors (Lipinski definition) is 4. The summed E-state index contributed by atoms with van der Waals surface area (Å²) in [6, 6.07) is 5.65. The number of Topliss-reactive ketones (excluding diaryl/α,β-unsaturated/α-hetero) is 1. The molecule has 0 aliphatic carbocycles. The van der Waals surface area contributed by atoms with Crippen LogP contribution in [0.4, 0.5) is 0 Å². The highest BCUT2D eigenvalue weighted by Crippen LogP contribution is 2.23. The van der Waals surface area contributed by atoms with Gasteiger partial charge in [0, 0.05) is 51.7 Å². The van der Waals surface area contributed by atoms with Crippen LogP contribution in [0.3, 0.4) is 0 Å². The summed E-state index contributed by atoms with van der Waals surface area (Å²) >= 11 is 0. The predicted molar refractivity (Wildman–Crippen MR) is 99.2 cm³/mol. The Bertz CT molecular complexity index is 982. The van der Waals surface area contributed by atoms with Crippen molar-refractivity contribution in [3.8, 4) is 11.4 Å². The number of likely N-dealkylation sites (tertiary alicyclic amines) is 1. The second-order valence-electron chi connectivity index (χ2n) is 6.99. The summed E-state index contributed by atoms with van der Waals surface area (Å²) in [4.78, 5) is 31.5. The van der Waals surface area contributed by atoms with E-state index in [9.17, 15) is 9.59 Å². The number of rotatable bonds is 4. The zero-order chi connectivity index (χ0) is 19.0. The second-order valence-corrected chi connectivity index (χ2v) is 6.99. The van der Waals surface area contributed by atoms with Gasteiger partial charge in [0.1, 0.15) is 11.4 Å². The van der Waals surface area contributed by atoms with E-state index in [0.717, 1.165) is 24.2 Å². The summed E-state index contributed by atoms with van der Waals surface area (Å²) in [5.74, 6) is 0.0929. The number of amides is 1. The Labute approximate surface area is 156 Å². The maximum Gasteiger partial charge on any atom is 0.271 e. The first-order valence-electron chi connectivity index (χ1n) is 9.02. The number of piperidine rings is 1. The summed E-state index contributed by atoms with van der Waals surface area (Å²) in [5, 5.41) is 7.11. The van der Waals surface area contributed by atoms with Crippen molar-refractivity contribution < 1.29 is 9.59 Å². The van der Waals surface area contributed by atoms with Gasteiger partial charge in [-0.15, -0.1) is 0 Å². The average molecular weight is 366 g/mol. The lowest BCUT2D eigenvalue weighted by molar-refractivity contribution is 0.0628. The molecule has 1 aliphatic heterocycles. The highest BCUT2D eigenvalue weighted by molar-refractivity contribution is 5.97. The fraction of sp³-hybridized carbons (Fsp3) is 0.368. The number of ketones is 1. The number of hydrogen-bond donors (Lipinski definition) is 1. The number of imidazole rings is 1. The van der Waals surface area contributed by atoms with Gasteiger partial charge >= 0.3 is 0 Å². The van der Waals surface area contributed by atoms with Gasteiger partial charge in [0.2, 0.25) is 5.78 Å². The smallest absolute Gasteiger partial charge is 0.271 e. The molecule has 0 saturated carbocycles. The van der Waals surface area contributed by atoms with Gasteiger partial charge in [-0.2, -0.15) is 5.10 Å². The molecule has 1 amide bonds. The molecule has 0 spiro atoms. The van der Waals surface area contributed by atoms with Crippen LogP contribution in [0, 0.1) is 5.92 Å². The van der Waals surface area contributed by atoms with Crippen LogP contribution in [0.1, 0.15) is 33.9 Å². The van der Waals surface area contributed by atoms with E-state index in [1.54, 1.807) is 27.9 Å². The molecule has 0 unspecified atom stereocenters. The molecule has 4 heterocycles. The molecular formula is C19H22N6O2. The Morgan fingerprint density at radius 3 is 2.78 bits per heavy atom. The first-order valence-corrected chi connectivity index (χ1v) is 9.02. The molecule has 0 aromatic carbocycles. The van der Waals surface area contributed by atoms with Gasteiger partial charge in [0.05, 0.1) is 5.69 Å². The zero-order valence-electron chi connectivity index (χ0n) is 15.4. The minimum atomic E-state index is -0.223. The minimum Gasteiger partial charge on any atom is -0.349 e. The van der Waals surface area contributed by atoms with Gasteiger partial charge in [0.15, 0.2) is 5.82 Å². The summed E-state index contributed by atoms with van der Waals surface area (Å²) in [6.07, 6.45) is 6.88. The fourth-order valence-electron chi connectivity index (χ4n) is 3.62. The minimum absolute atomic E-state index is 0.00545. The lowest BCUT2D eigenvalue weighted by Crippen LogP contribution is -2.42. The SMILES string of the molecule is Cn1cccc1-c1cc(C(=O)N2CCC[C@H](C(=O)c3nccn3C)C2)[nH]n1. The lowest BCUT2D eigenvalue weighted by atomic mass is 9.93. The zero-order valence-corrected chi connectivity index (χ0v) is 15.4. The van der Waals surface area contributed by atoms with Crippen LogP contribution in [0.25, 0.3) is 11.4 Å². The van der Waals surface area contributed by atoms with Crippen LogP contribution in [0.15, 0.2) is 36.8 Å². The van der Waals surface area contributed by atoms with Gasteiger partial charge < -0.3 is 14.0 Å². The molecule has 4 rings (SSSR count). The fourth-order valence-corrected chi connectivity index (χ4v) is 3.62. The summed E-state index contributed by atoms with van der Waals surface area (Å²) in [6.45, 7) is 1.05. The molecule has 1 saturated heterocycles. The number of aromatic amines is 1. The molecule has 1 fully saturated rings. The highest BCUT2D eigenvalue weighted by atomic mass is 16.2. The third-order valence-corrected chi connectivity index (χ3v) is 5.14. The Morgan fingerprint density at radius 1 is 1.22 bits per heavy atom. The third-order valence-electron chi connectivity index (χ3n) is 5.14. The first kappa shape index (κ1) is 17.3. The maximum atomic E-state index is 12.9. The third kappa shape index (κ3) is 3.18. The van der Waals surface area contributed by atoms with Crippen LogP contribution in [0.5, 0.6) is 0 Å². The molecule has 3 aromatic rings. The van der Waals surface area contributed by atoms with Gasteiger partial charge in [-0.1, -0.05) is 0 Å². The number of carbonyl (C=O) groups excluding carboxylic acids is 2. The van der Waals surface area contributed by atoms with Crippen molar-refractivity contribution in [2.45, 2.75) is 12.8 Å². The number of nitrogens with one attached hydrogen (secondary N) is 1. The van der Waals surface area contributed by atoms with E-state index in [0.29, 0.717) is 24.6 Å². The number of H-pyrrole nitrogens is 1. The quantitative estimate of drug-likeness (QED) is 0.714. The molecule has 140 valence electrons. The van der Waals surface area contributed by atoms with Gasteiger partial charge in [-0.05, 0) is 31.0 Å². The van der Waals surface area contributed by atoms with Gasteiger partial charge in [-0.25, -0.2) is 4.98 Å². The van der Waals surface area contributed by atoms with E-state index >= 15 is 0 Å². The highest BCUT2D eigenvalue weighted by Gasteiger charge is 2.31. The van der Waals surface area contributed by atoms with E-state index in [1.807, 2.05) is 37.0 Å². The maximum absolute atomic E-state index is 12.9. The Morgan fingerprint density at radius 2 is 2.07 bits per heavy atom. The van der Waals surface area contributed by atoms with Gasteiger partial charge in [0.25, 0.3) is 5.91 Å². The van der Waals surface area contributed by atoms with Gasteiger partial charge in [-0.3, -0.25) is 14.7 Å². The van der Waals surface area contributed by atoms with Crippen molar-refractivity contribution in [2.75, 3.05) is 13.1 Å². The first-order chi connectivity index (χ1) is 13.0. The molecule has 3 aromatic heterocycles. The summed E-state index contributed by atoms with van der Waals surface area (Å²) in [5.41, 5.74) is 2.10. The Hall–Kier alpha value is -3.16. The van der Waals surface area contributed by atoms with E-state index in [2.05, 4.69) is 15.2 Å². The normalized spacial score (nSPS) is 17.3. The molecule has 0 radical (unpaired) electrons.